The van der Waals surface area contributed by atoms with Crippen molar-refractivity contribution in [1.29, 1.82) is 0 Å². The monoisotopic (exact) mass is 197 g/mol. The molecule has 0 bridgehead atoms. The van der Waals surface area contributed by atoms with E-state index in [1.165, 1.54) is 6.42 Å². The van der Waals surface area contributed by atoms with Crippen LogP contribution in [0.1, 0.15) is 19.3 Å². The van der Waals surface area contributed by atoms with Gasteiger partial charge in [0.15, 0.2) is 0 Å². The van der Waals surface area contributed by atoms with Crippen LogP contribution in [0.5, 0.6) is 0 Å². The molecular weight excluding hydrogens is 178 g/mol. The van der Waals surface area contributed by atoms with E-state index in [0.717, 1.165) is 39.1 Å². The Hall–Kier alpha value is -0.610. The molecule has 1 unspecified atom stereocenters. The Morgan fingerprint density at radius 2 is 2.00 bits per heavy atom. The van der Waals surface area contributed by atoms with E-state index in [0.29, 0.717) is 12.5 Å². The molecule has 2 aliphatic heterocycles. The van der Waals surface area contributed by atoms with E-state index in [4.69, 9.17) is 0 Å². The van der Waals surface area contributed by atoms with Gasteiger partial charge in [-0.3, -0.25) is 9.69 Å². The Balaban J connectivity index is 1.90. The first kappa shape index (κ1) is 9.93. The van der Waals surface area contributed by atoms with E-state index in [9.17, 15) is 4.79 Å². The van der Waals surface area contributed by atoms with Crippen LogP contribution in [0.3, 0.4) is 0 Å². The van der Waals surface area contributed by atoms with Crippen LogP contribution in [0.2, 0.25) is 0 Å². The summed E-state index contributed by atoms with van der Waals surface area (Å²) in [6.45, 7) is 5.19. The van der Waals surface area contributed by atoms with Crippen molar-refractivity contribution in [3.05, 3.63) is 0 Å². The summed E-state index contributed by atoms with van der Waals surface area (Å²) in [6.07, 6.45) is 2.99. The molecule has 2 heterocycles. The summed E-state index contributed by atoms with van der Waals surface area (Å²) in [7, 11) is 0. The predicted octanol–water partition coefficient (Wildman–Crippen LogP) is -0.440. The number of hydrogen-bond acceptors (Lipinski definition) is 3. The third-order valence-electron chi connectivity index (χ3n) is 3.13. The Morgan fingerprint density at radius 1 is 1.21 bits per heavy atom. The van der Waals surface area contributed by atoms with Crippen LogP contribution in [-0.2, 0) is 4.79 Å². The first-order valence-electron chi connectivity index (χ1n) is 5.58. The van der Waals surface area contributed by atoms with Gasteiger partial charge in [-0.2, -0.15) is 0 Å². The predicted molar refractivity (Wildman–Crippen MR) is 55.1 cm³/mol. The van der Waals surface area contributed by atoms with Gasteiger partial charge >= 0.3 is 0 Å². The molecule has 1 atom stereocenters. The molecule has 0 saturated carbocycles. The zero-order valence-corrected chi connectivity index (χ0v) is 8.59. The minimum Gasteiger partial charge on any atom is -0.356 e. The van der Waals surface area contributed by atoms with E-state index < -0.39 is 0 Å². The highest BCUT2D eigenvalue weighted by Crippen LogP contribution is 2.14. The van der Waals surface area contributed by atoms with Crippen LogP contribution in [0.15, 0.2) is 0 Å². The molecule has 2 rings (SSSR count). The van der Waals surface area contributed by atoms with Crippen molar-refractivity contribution in [2.24, 2.45) is 0 Å². The lowest BCUT2D eigenvalue weighted by Gasteiger charge is -2.33. The van der Waals surface area contributed by atoms with Gasteiger partial charge in [-0.05, 0) is 12.8 Å². The van der Waals surface area contributed by atoms with Gasteiger partial charge in [0.05, 0.1) is 0 Å². The second-order valence-corrected chi connectivity index (χ2v) is 4.14. The topological polar surface area (TPSA) is 44.4 Å². The van der Waals surface area contributed by atoms with Crippen LogP contribution >= 0.6 is 0 Å². The van der Waals surface area contributed by atoms with Crippen molar-refractivity contribution in [2.45, 2.75) is 25.3 Å². The minimum absolute atomic E-state index is 0.228. The second-order valence-electron chi connectivity index (χ2n) is 4.14. The van der Waals surface area contributed by atoms with Gasteiger partial charge in [-0.25, -0.2) is 0 Å². The molecule has 14 heavy (non-hydrogen) atoms. The van der Waals surface area contributed by atoms with Crippen LogP contribution in [0.25, 0.3) is 0 Å². The molecule has 1 amide bonds. The van der Waals surface area contributed by atoms with Crippen LogP contribution in [0, 0.1) is 0 Å². The lowest BCUT2D eigenvalue weighted by Crippen LogP contribution is -2.49. The molecule has 0 spiro atoms. The Bertz CT molecular complexity index is 202. The van der Waals surface area contributed by atoms with Crippen LogP contribution < -0.4 is 10.6 Å². The maximum Gasteiger partial charge on any atom is 0.221 e. The molecule has 2 aliphatic rings. The summed E-state index contributed by atoms with van der Waals surface area (Å²) in [5.41, 5.74) is 0. The standard InChI is InChI=1S/C10H19N3O/c14-10-8-9(2-1-3-12-10)13-6-4-11-5-7-13/h9,11H,1-8H2,(H,12,14). The molecule has 80 valence electrons. The largest absolute Gasteiger partial charge is 0.356 e. The van der Waals surface area contributed by atoms with E-state index in [2.05, 4.69) is 15.5 Å². The third-order valence-corrected chi connectivity index (χ3v) is 3.13. The number of amides is 1. The molecule has 2 fully saturated rings. The quantitative estimate of drug-likeness (QED) is 0.599. The molecule has 0 aliphatic carbocycles. The van der Waals surface area contributed by atoms with Gasteiger partial charge in [0.2, 0.25) is 5.91 Å². The summed E-state index contributed by atoms with van der Waals surface area (Å²) in [5, 5.41) is 6.27. The van der Waals surface area contributed by atoms with E-state index in [1.54, 1.807) is 0 Å². The number of nitrogens with zero attached hydrogens (tertiary/aromatic N) is 1. The molecule has 4 nitrogen and oxygen atoms in total. The second kappa shape index (κ2) is 4.75. The summed E-state index contributed by atoms with van der Waals surface area (Å²) in [4.78, 5) is 13.8. The lowest BCUT2D eigenvalue weighted by molar-refractivity contribution is -0.121. The molecule has 0 aromatic carbocycles. The van der Waals surface area contributed by atoms with Gasteiger partial charge in [-0.15, -0.1) is 0 Å². The molecule has 2 N–H and O–H groups in total. The van der Waals surface area contributed by atoms with Crippen molar-refractivity contribution >= 4 is 5.91 Å². The number of hydrogen-bond donors (Lipinski definition) is 2. The zero-order valence-electron chi connectivity index (χ0n) is 8.59. The minimum atomic E-state index is 0.228. The number of nitrogens with one attached hydrogen (secondary N) is 2. The number of rotatable bonds is 1. The van der Waals surface area contributed by atoms with E-state index >= 15 is 0 Å². The molecule has 2 saturated heterocycles. The number of carbonyl (C=O) groups excluding carboxylic acids is 1. The van der Waals surface area contributed by atoms with Gasteiger partial charge in [0, 0.05) is 45.2 Å². The van der Waals surface area contributed by atoms with Crippen molar-refractivity contribution in [2.75, 3.05) is 32.7 Å². The maximum absolute atomic E-state index is 11.4. The Labute approximate surface area is 85.0 Å². The van der Waals surface area contributed by atoms with Gasteiger partial charge in [-0.1, -0.05) is 0 Å². The molecule has 0 aromatic heterocycles. The molecule has 4 heteroatoms. The zero-order chi connectivity index (χ0) is 9.80. The first-order valence-corrected chi connectivity index (χ1v) is 5.58. The average Bonchev–Trinajstić information content (AvgIpc) is 2.44. The smallest absolute Gasteiger partial charge is 0.221 e. The summed E-state index contributed by atoms with van der Waals surface area (Å²) >= 11 is 0. The highest BCUT2D eigenvalue weighted by Gasteiger charge is 2.24. The SMILES string of the molecule is O=C1CC(N2CCNCC2)CCCN1. The van der Waals surface area contributed by atoms with E-state index in [-0.39, 0.29) is 5.91 Å². The molecule has 0 aromatic rings. The lowest BCUT2D eigenvalue weighted by atomic mass is 10.1. The highest BCUT2D eigenvalue weighted by atomic mass is 16.1. The fourth-order valence-electron chi connectivity index (χ4n) is 2.31. The van der Waals surface area contributed by atoms with Crippen molar-refractivity contribution in [3.63, 3.8) is 0 Å². The van der Waals surface area contributed by atoms with Crippen LogP contribution in [-0.4, -0.2) is 49.6 Å². The van der Waals surface area contributed by atoms with Gasteiger partial charge in [0.25, 0.3) is 0 Å². The first-order chi connectivity index (χ1) is 6.86. The fraction of sp³-hybridized carbons (Fsp3) is 0.900. The highest BCUT2D eigenvalue weighted by molar-refractivity contribution is 5.76. The van der Waals surface area contributed by atoms with Gasteiger partial charge in [0.1, 0.15) is 0 Å². The van der Waals surface area contributed by atoms with E-state index in [1.807, 2.05) is 0 Å². The van der Waals surface area contributed by atoms with Crippen molar-refractivity contribution in [1.82, 2.24) is 15.5 Å². The van der Waals surface area contributed by atoms with Crippen molar-refractivity contribution in [3.8, 4) is 0 Å². The van der Waals surface area contributed by atoms with Crippen molar-refractivity contribution < 1.29 is 4.79 Å². The summed E-state index contributed by atoms with van der Waals surface area (Å²) in [5.74, 6) is 0.228. The molecular formula is C10H19N3O. The number of piperazine rings is 1. The Kier molecular flexibility index (Phi) is 3.37. The summed E-state index contributed by atoms with van der Waals surface area (Å²) < 4.78 is 0. The number of carbonyl (C=O) groups is 1. The fourth-order valence-corrected chi connectivity index (χ4v) is 2.31. The normalized spacial score (nSPS) is 30.9. The summed E-state index contributed by atoms with van der Waals surface area (Å²) in [6, 6.07) is 0.486. The maximum atomic E-state index is 11.4. The average molecular weight is 197 g/mol. The molecule has 0 radical (unpaired) electrons. The Morgan fingerprint density at radius 3 is 2.79 bits per heavy atom. The van der Waals surface area contributed by atoms with Crippen LogP contribution in [0.4, 0.5) is 0 Å². The van der Waals surface area contributed by atoms with Gasteiger partial charge < -0.3 is 10.6 Å². The third kappa shape index (κ3) is 2.45.